The number of methoxy groups -OCH3 is 1. The molecule has 4 nitrogen and oxygen atoms in total. The van der Waals surface area contributed by atoms with Crippen molar-refractivity contribution in [2.45, 2.75) is 18.9 Å². The van der Waals surface area contributed by atoms with E-state index in [0.29, 0.717) is 13.1 Å². The van der Waals surface area contributed by atoms with Gasteiger partial charge in [0, 0.05) is 20.2 Å². The van der Waals surface area contributed by atoms with Gasteiger partial charge in [-0.2, -0.15) is 11.3 Å². The maximum atomic E-state index is 11.8. The van der Waals surface area contributed by atoms with Crippen molar-refractivity contribution < 1.29 is 9.53 Å². The second kappa shape index (κ2) is 9.23. The van der Waals surface area contributed by atoms with Gasteiger partial charge in [-0.3, -0.25) is 0 Å². The van der Waals surface area contributed by atoms with E-state index in [1.807, 2.05) is 35.0 Å². The number of thiophene rings is 1. The van der Waals surface area contributed by atoms with E-state index in [-0.39, 0.29) is 12.1 Å². The van der Waals surface area contributed by atoms with Gasteiger partial charge in [-0.25, -0.2) is 4.79 Å². The van der Waals surface area contributed by atoms with E-state index in [9.17, 15) is 4.79 Å². The largest absolute Gasteiger partial charge is 0.375 e. The predicted molar refractivity (Wildman–Crippen MR) is 90.2 cm³/mol. The second-order valence-electron chi connectivity index (χ2n) is 5.01. The molecule has 0 aliphatic heterocycles. The summed E-state index contributed by atoms with van der Waals surface area (Å²) in [4.78, 5) is 11.8. The molecule has 1 aromatic carbocycles. The average molecular weight is 318 g/mol. The van der Waals surface area contributed by atoms with Crippen molar-refractivity contribution >= 4 is 17.4 Å². The number of nitrogens with one attached hydrogen (secondary N) is 2. The van der Waals surface area contributed by atoms with Crippen LogP contribution in [0.15, 0.2) is 47.2 Å². The van der Waals surface area contributed by atoms with Crippen LogP contribution in [0.2, 0.25) is 0 Å². The molecule has 0 unspecified atom stereocenters. The molecule has 5 heteroatoms. The molecule has 22 heavy (non-hydrogen) atoms. The van der Waals surface area contributed by atoms with E-state index >= 15 is 0 Å². The highest BCUT2D eigenvalue weighted by atomic mass is 32.1. The molecular formula is C17H22N2O2S. The van der Waals surface area contributed by atoms with E-state index in [2.05, 4.69) is 22.8 Å². The smallest absolute Gasteiger partial charge is 0.314 e. The molecule has 0 fully saturated rings. The van der Waals surface area contributed by atoms with Gasteiger partial charge in [-0.05, 0) is 40.8 Å². The fourth-order valence-corrected chi connectivity index (χ4v) is 2.88. The minimum absolute atomic E-state index is 0.0960. The number of rotatable bonds is 8. The topological polar surface area (TPSA) is 50.4 Å². The van der Waals surface area contributed by atoms with Gasteiger partial charge < -0.3 is 15.4 Å². The van der Waals surface area contributed by atoms with E-state index in [1.54, 1.807) is 18.4 Å². The van der Waals surface area contributed by atoms with Gasteiger partial charge in [0.15, 0.2) is 0 Å². The normalized spacial score (nSPS) is 11.9. The van der Waals surface area contributed by atoms with Gasteiger partial charge in [0.2, 0.25) is 0 Å². The zero-order valence-corrected chi connectivity index (χ0v) is 13.6. The zero-order valence-electron chi connectivity index (χ0n) is 12.7. The molecule has 0 aliphatic rings. The summed E-state index contributed by atoms with van der Waals surface area (Å²) in [6.07, 6.45) is 1.80. The molecule has 2 aromatic rings. The average Bonchev–Trinajstić information content (AvgIpc) is 3.07. The number of hydrogen-bond donors (Lipinski definition) is 2. The zero-order chi connectivity index (χ0) is 15.6. The van der Waals surface area contributed by atoms with Crippen LogP contribution in [0.5, 0.6) is 0 Å². The Bertz CT molecular complexity index is 543. The fourth-order valence-electron chi connectivity index (χ4n) is 2.18. The molecule has 2 rings (SSSR count). The molecule has 0 bridgehead atoms. The van der Waals surface area contributed by atoms with Crippen molar-refractivity contribution in [3.05, 3.63) is 58.3 Å². The van der Waals surface area contributed by atoms with Crippen LogP contribution in [0, 0.1) is 0 Å². The molecule has 0 radical (unpaired) electrons. The van der Waals surface area contributed by atoms with E-state index in [0.717, 1.165) is 18.4 Å². The first-order chi connectivity index (χ1) is 10.8. The maximum absolute atomic E-state index is 11.8. The third-order valence-electron chi connectivity index (χ3n) is 3.42. The summed E-state index contributed by atoms with van der Waals surface area (Å²) in [7, 11) is 1.65. The Morgan fingerprint density at radius 1 is 1.23 bits per heavy atom. The summed E-state index contributed by atoms with van der Waals surface area (Å²) in [5.74, 6) is 0. The summed E-state index contributed by atoms with van der Waals surface area (Å²) >= 11 is 1.62. The number of carbonyl (C=O) groups is 1. The SMILES string of the molecule is CO[C@@H](CNC(=O)NCCCc1ccccc1)c1ccsc1. The van der Waals surface area contributed by atoms with Crippen molar-refractivity contribution in [2.75, 3.05) is 20.2 Å². The summed E-state index contributed by atoms with van der Waals surface area (Å²) < 4.78 is 5.39. The molecule has 0 spiro atoms. The molecular weight excluding hydrogens is 296 g/mol. The van der Waals surface area contributed by atoms with Gasteiger partial charge in [-0.1, -0.05) is 30.3 Å². The lowest BCUT2D eigenvalue weighted by atomic mass is 10.1. The Morgan fingerprint density at radius 3 is 2.73 bits per heavy atom. The maximum Gasteiger partial charge on any atom is 0.314 e. The van der Waals surface area contributed by atoms with Crippen LogP contribution in [-0.4, -0.2) is 26.2 Å². The Morgan fingerprint density at radius 2 is 2.05 bits per heavy atom. The van der Waals surface area contributed by atoms with Crippen molar-refractivity contribution in [3.8, 4) is 0 Å². The lowest BCUT2D eigenvalue weighted by Crippen LogP contribution is -2.38. The highest BCUT2D eigenvalue weighted by Gasteiger charge is 2.11. The Balaban J connectivity index is 1.61. The Hall–Kier alpha value is -1.85. The monoisotopic (exact) mass is 318 g/mol. The van der Waals surface area contributed by atoms with Crippen LogP contribution in [0.1, 0.15) is 23.7 Å². The van der Waals surface area contributed by atoms with E-state index in [1.165, 1.54) is 5.56 Å². The van der Waals surface area contributed by atoms with Gasteiger partial charge in [-0.15, -0.1) is 0 Å². The number of hydrogen-bond acceptors (Lipinski definition) is 3. The third kappa shape index (κ3) is 5.50. The quantitative estimate of drug-likeness (QED) is 0.733. The minimum atomic E-state index is -0.148. The van der Waals surface area contributed by atoms with Crippen LogP contribution < -0.4 is 10.6 Å². The molecule has 2 amide bonds. The second-order valence-corrected chi connectivity index (χ2v) is 5.79. The summed E-state index contributed by atoms with van der Waals surface area (Å²) in [5, 5.41) is 9.77. The molecule has 1 aromatic heterocycles. The summed E-state index contributed by atoms with van der Waals surface area (Å²) in [6.45, 7) is 1.13. The van der Waals surface area contributed by atoms with Crippen molar-refractivity contribution in [3.63, 3.8) is 0 Å². The van der Waals surface area contributed by atoms with Crippen molar-refractivity contribution in [1.29, 1.82) is 0 Å². The molecule has 118 valence electrons. The van der Waals surface area contributed by atoms with Crippen LogP contribution >= 0.6 is 11.3 Å². The molecule has 2 N–H and O–H groups in total. The number of carbonyl (C=O) groups excluding carboxylic acids is 1. The predicted octanol–water partition coefficient (Wildman–Crippen LogP) is 3.37. The molecule has 0 aliphatic carbocycles. The Kier molecular flexibility index (Phi) is 6.93. The highest BCUT2D eigenvalue weighted by Crippen LogP contribution is 2.18. The number of aryl methyl sites for hydroxylation is 1. The molecule has 1 atom stereocenters. The molecule has 1 heterocycles. The highest BCUT2D eigenvalue weighted by molar-refractivity contribution is 7.07. The number of urea groups is 1. The van der Waals surface area contributed by atoms with Gasteiger partial charge in [0.05, 0.1) is 0 Å². The standard InChI is InChI=1S/C17H22N2O2S/c1-21-16(15-9-11-22-13-15)12-19-17(20)18-10-5-8-14-6-3-2-4-7-14/h2-4,6-7,9,11,13,16H,5,8,10,12H2,1H3,(H2,18,19,20)/t16-/m0/s1. The van der Waals surface area contributed by atoms with Crippen molar-refractivity contribution in [1.82, 2.24) is 10.6 Å². The van der Waals surface area contributed by atoms with E-state index < -0.39 is 0 Å². The first-order valence-corrected chi connectivity index (χ1v) is 8.34. The first-order valence-electron chi connectivity index (χ1n) is 7.40. The van der Waals surface area contributed by atoms with Crippen LogP contribution in [0.4, 0.5) is 4.79 Å². The Labute approximate surface area is 135 Å². The van der Waals surface area contributed by atoms with Crippen LogP contribution in [0.3, 0.4) is 0 Å². The minimum Gasteiger partial charge on any atom is -0.375 e. The molecule has 0 saturated heterocycles. The lowest BCUT2D eigenvalue weighted by molar-refractivity contribution is 0.104. The van der Waals surface area contributed by atoms with Gasteiger partial charge in [0.1, 0.15) is 6.10 Å². The van der Waals surface area contributed by atoms with Gasteiger partial charge in [0.25, 0.3) is 0 Å². The first kappa shape index (κ1) is 16.5. The van der Waals surface area contributed by atoms with Crippen LogP contribution in [0.25, 0.3) is 0 Å². The number of amides is 2. The number of benzene rings is 1. The fraction of sp³-hybridized carbons (Fsp3) is 0.353. The van der Waals surface area contributed by atoms with Crippen molar-refractivity contribution in [2.24, 2.45) is 0 Å². The summed E-state index contributed by atoms with van der Waals surface area (Å²) in [6, 6.07) is 12.1. The van der Waals surface area contributed by atoms with Gasteiger partial charge >= 0.3 is 6.03 Å². The van der Waals surface area contributed by atoms with E-state index in [4.69, 9.17) is 4.74 Å². The molecule has 0 saturated carbocycles. The lowest BCUT2D eigenvalue weighted by Gasteiger charge is -2.15. The summed E-state index contributed by atoms with van der Waals surface area (Å²) in [5.41, 5.74) is 2.39. The van der Waals surface area contributed by atoms with Crippen LogP contribution in [-0.2, 0) is 11.2 Å². The number of ether oxygens (including phenoxy) is 1. The third-order valence-corrected chi connectivity index (χ3v) is 4.12.